The Kier molecular flexibility index (Phi) is 6.71. The number of hydrogen-bond donors (Lipinski definition) is 1. The summed E-state index contributed by atoms with van der Waals surface area (Å²) < 4.78 is 10.7. The van der Waals surface area contributed by atoms with Crippen LogP contribution in [0, 0.1) is 0 Å². The summed E-state index contributed by atoms with van der Waals surface area (Å²) in [6, 6.07) is 6.60. The summed E-state index contributed by atoms with van der Waals surface area (Å²) in [7, 11) is 3.36. The minimum Gasteiger partial charge on any atom is -0.493 e. The van der Waals surface area contributed by atoms with Gasteiger partial charge in [-0.1, -0.05) is 19.4 Å². The Morgan fingerprint density at radius 3 is 2.67 bits per heavy atom. The summed E-state index contributed by atoms with van der Waals surface area (Å²) in [5, 5.41) is 4.50. The third kappa shape index (κ3) is 4.55. The zero-order chi connectivity index (χ0) is 15.1. The molecular weight excluding hydrogens is 282 g/mol. The summed E-state index contributed by atoms with van der Waals surface area (Å²) in [5.41, 5.74) is 1.27. The lowest BCUT2D eigenvalue weighted by Gasteiger charge is -2.25. The van der Waals surface area contributed by atoms with Crippen molar-refractivity contribution >= 4 is 11.8 Å². The van der Waals surface area contributed by atoms with E-state index in [1.807, 2.05) is 6.07 Å². The third-order valence-electron chi connectivity index (χ3n) is 4.08. The van der Waals surface area contributed by atoms with Gasteiger partial charge < -0.3 is 14.8 Å². The van der Waals surface area contributed by atoms with Crippen molar-refractivity contribution in [2.75, 3.05) is 26.5 Å². The molecule has 0 amide bonds. The molecule has 0 saturated carbocycles. The highest BCUT2D eigenvalue weighted by atomic mass is 32.2. The maximum Gasteiger partial charge on any atom is 0.161 e. The summed E-state index contributed by atoms with van der Waals surface area (Å²) >= 11 is 2.12. The maximum absolute atomic E-state index is 5.41. The van der Waals surface area contributed by atoms with Gasteiger partial charge in [-0.05, 0) is 42.7 Å². The first kappa shape index (κ1) is 16.5. The molecule has 4 heteroatoms. The Morgan fingerprint density at radius 2 is 2.05 bits per heavy atom. The van der Waals surface area contributed by atoms with Crippen LogP contribution in [0.1, 0.15) is 44.2 Å². The minimum atomic E-state index is 0.382. The quantitative estimate of drug-likeness (QED) is 0.824. The van der Waals surface area contributed by atoms with E-state index in [9.17, 15) is 0 Å². The molecule has 1 aromatic rings. The fourth-order valence-corrected chi connectivity index (χ4v) is 4.06. The molecule has 118 valence electrons. The Morgan fingerprint density at radius 1 is 1.24 bits per heavy atom. The molecule has 0 aromatic heterocycles. The van der Waals surface area contributed by atoms with Gasteiger partial charge >= 0.3 is 0 Å². The van der Waals surface area contributed by atoms with Crippen molar-refractivity contribution in [1.29, 1.82) is 0 Å². The van der Waals surface area contributed by atoms with Gasteiger partial charge in [-0.15, -0.1) is 0 Å². The zero-order valence-electron chi connectivity index (χ0n) is 13.4. The molecule has 1 fully saturated rings. The van der Waals surface area contributed by atoms with Gasteiger partial charge in [0.25, 0.3) is 0 Å². The van der Waals surface area contributed by atoms with Gasteiger partial charge in [-0.2, -0.15) is 11.8 Å². The van der Waals surface area contributed by atoms with Gasteiger partial charge in [0.1, 0.15) is 0 Å². The molecule has 1 aromatic carbocycles. The average molecular weight is 309 g/mol. The van der Waals surface area contributed by atoms with Crippen molar-refractivity contribution in [3.05, 3.63) is 23.8 Å². The van der Waals surface area contributed by atoms with E-state index in [4.69, 9.17) is 9.47 Å². The molecule has 21 heavy (non-hydrogen) atoms. The van der Waals surface area contributed by atoms with E-state index < -0.39 is 0 Å². The molecule has 0 radical (unpaired) electrons. The molecule has 1 N–H and O–H groups in total. The first-order valence-electron chi connectivity index (χ1n) is 7.85. The molecule has 0 spiro atoms. The standard InChI is InChI=1S/C17H27NO2S/c1-4-15(18-12-14-7-5-6-10-21-14)13-8-9-16(19-2)17(11-13)20-3/h8-9,11,14-15,18H,4-7,10,12H2,1-3H3. The van der Waals surface area contributed by atoms with E-state index in [0.717, 1.165) is 29.7 Å². The number of ether oxygens (including phenoxy) is 2. The van der Waals surface area contributed by atoms with Crippen molar-refractivity contribution in [2.24, 2.45) is 0 Å². The summed E-state index contributed by atoms with van der Waals surface area (Å²) in [4.78, 5) is 0. The van der Waals surface area contributed by atoms with Crippen LogP contribution < -0.4 is 14.8 Å². The van der Waals surface area contributed by atoms with Crippen LogP contribution in [0.5, 0.6) is 11.5 Å². The Balaban J connectivity index is 1.99. The lowest BCUT2D eigenvalue weighted by Crippen LogP contribution is -2.30. The second-order valence-corrected chi connectivity index (χ2v) is 6.88. The Hall–Kier alpha value is -0.870. The molecule has 1 aliphatic heterocycles. The molecule has 1 heterocycles. The first-order chi connectivity index (χ1) is 10.3. The first-order valence-corrected chi connectivity index (χ1v) is 8.90. The minimum absolute atomic E-state index is 0.382. The van der Waals surface area contributed by atoms with E-state index in [1.165, 1.54) is 30.6 Å². The highest BCUT2D eigenvalue weighted by Gasteiger charge is 2.17. The van der Waals surface area contributed by atoms with Gasteiger partial charge in [0, 0.05) is 17.8 Å². The predicted octanol–water partition coefficient (Wildman–Crippen LogP) is 4.03. The molecule has 1 saturated heterocycles. The summed E-state index contributed by atoms with van der Waals surface area (Å²) in [6.45, 7) is 3.32. The maximum atomic E-state index is 5.41. The molecule has 2 atom stereocenters. The van der Waals surface area contributed by atoms with Gasteiger partial charge in [0.05, 0.1) is 14.2 Å². The summed E-state index contributed by atoms with van der Waals surface area (Å²) in [6.07, 6.45) is 5.19. The largest absolute Gasteiger partial charge is 0.493 e. The smallest absolute Gasteiger partial charge is 0.161 e. The van der Waals surface area contributed by atoms with Gasteiger partial charge in [-0.25, -0.2) is 0 Å². The SMILES string of the molecule is CCC(NCC1CCCCS1)c1ccc(OC)c(OC)c1. The van der Waals surface area contributed by atoms with Gasteiger partial charge in [0.15, 0.2) is 11.5 Å². The van der Waals surface area contributed by atoms with E-state index in [1.54, 1.807) is 14.2 Å². The number of rotatable bonds is 7. The lowest BCUT2D eigenvalue weighted by atomic mass is 10.0. The van der Waals surface area contributed by atoms with Crippen LogP contribution in [0.15, 0.2) is 18.2 Å². The monoisotopic (exact) mass is 309 g/mol. The van der Waals surface area contributed by atoms with E-state index in [2.05, 4.69) is 36.1 Å². The number of hydrogen-bond acceptors (Lipinski definition) is 4. The Bertz CT molecular complexity index is 433. The molecule has 1 aliphatic rings. The highest BCUT2D eigenvalue weighted by molar-refractivity contribution is 7.99. The van der Waals surface area contributed by atoms with Crippen molar-refractivity contribution in [1.82, 2.24) is 5.32 Å². The number of benzene rings is 1. The molecule has 0 bridgehead atoms. The van der Waals surface area contributed by atoms with Crippen LogP contribution >= 0.6 is 11.8 Å². The van der Waals surface area contributed by atoms with Gasteiger partial charge in [-0.3, -0.25) is 0 Å². The van der Waals surface area contributed by atoms with Crippen LogP contribution in [-0.4, -0.2) is 31.8 Å². The van der Waals surface area contributed by atoms with E-state index >= 15 is 0 Å². The van der Waals surface area contributed by atoms with E-state index in [-0.39, 0.29) is 0 Å². The van der Waals surface area contributed by atoms with Crippen molar-refractivity contribution in [2.45, 2.75) is 43.9 Å². The van der Waals surface area contributed by atoms with Crippen LogP contribution in [0.4, 0.5) is 0 Å². The molecule has 0 aliphatic carbocycles. The highest BCUT2D eigenvalue weighted by Crippen LogP contribution is 2.31. The van der Waals surface area contributed by atoms with Crippen molar-refractivity contribution in [3.8, 4) is 11.5 Å². The van der Waals surface area contributed by atoms with Crippen LogP contribution in [0.2, 0.25) is 0 Å². The second kappa shape index (κ2) is 8.54. The number of thioether (sulfide) groups is 1. The molecular formula is C17H27NO2S. The van der Waals surface area contributed by atoms with Crippen LogP contribution in [-0.2, 0) is 0 Å². The lowest BCUT2D eigenvalue weighted by molar-refractivity contribution is 0.353. The normalized spacial score (nSPS) is 20.0. The predicted molar refractivity (Wildman–Crippen MR) is 90.7 cm³/mol. The molecule has 2 rings (SSSR count). The second-order valence-electron chi connectivity index (χ2n) is 5.47. The molecule has 2 unspecified atom stereocenters. The Labute approximate surface area is 132 Å². The fraction of sp³-hybridized carbons (Fsp3) is 0.647. The number of methoxy groups -OCH3 is 2. The number of nitrogens with one attached hydrogen (secondary N) is 1. The molecule has 3 nitrogen and oxygen atoms in total. The third-order valence-corrected chi connectivity index (χ3v) is 5.48. The van der Waals surface area contributed by atoms with E-state index in [0.29, 0.717) is 6.04 Å². The topological polar surface area (TPSA) is 30.5 Å². The average Bonchev–Trinajstić information content (AvgIpc) is 2.56. The zero-order valence-corrected chi connectivity index (χ0v) is 14.2. The summed E-state index contributed by atoms with van der Waals surface area (Å²) in [5.74, 6) is 2.92. The van der Waals surface area contributed by atoms with Crippen molar-refractivity contribution in [3.63, 3.8) is 0 Å². The fourth-order valence-electron chi connectivity index (χ4n) is 2.81. The van der Waals surface area contributed by atoms with Gasteiger partial charge in [0.2, 0.25) is 0 Å². The van der Waals surface area contributed by atoms with Crippen molar-refractivity contribution < 1.29 is 9.47 Å². The van der Waals surface area contributed by atoms with Crippen LogP contribution in [0.3, 0.4) is 0 Å². The van der Waals surface area contributed by atoms with Crippen LogP contribution in [0.25, 0.3) is 0 Å².